The Morgan fingerprint density at radius 2 is 1.93 bits per heavy atom. The number of carbonyl (C=O) groups is 1. The average Bonchev–Trinajstić information content (AvgIpc) is 2.23. The number of sulfone groups is 1. The minimum Gasteiger partial charge on any atom is -0.330 e. The van der Waals surface area contributed by atoms with Gasteiger partial charge in [0, 0.05) is 18.6 Å². The third-order valence-corrected chi connectivity index (χ3v) is 4.16. The van der Waals surface area contributed by atoms with Crippen LogP contribution in [0.1, 0.15) is 33.1 Å². The molecule has 0 aromatic carbocycles. The largest absolute Gasteiger partial charge is 0.330 e. The van der Waals surface area contributed by atoms with E-state index < -0.39 is 9.84 Å². The molecule has 0 aliphatic rings. The van der Waals surface area contributed by atoms with E-state index in [1.54, 1.807) is 6.92 Å². The fourth-order valence-electron chi connectivity index (χ4n) is 1.06. The summed E-state index contributed by atoms with van der Waals surface area (Å²) in [5.74, 6) is 0.447. The van der Waals surface area contributed by atoms with Crippen molar-refractivity contribution in [3.63, 3.8) is 0 Å². The summed E-state index contributed by atoms with van der Waals surface area (Å²) in [6, 6.07) is 0. The number of nitrogens with two attached hydrogens (primary N) is 1. The Bertz CT molecular complexity index is 285. The maximum Gasteiger partial charge on any atom is 0.150 e. The van der Waals surface area contributed by atoms with Crippen LogP contribution < -0.4 is 5.73 Å². The van der Waals surface area contributed by atoms with Crippen LogP contribution in [0.4, 0.5) is 0 Å². The summed E-state index contributed by atoms with van der Waals surface area (Å²) < 4.78 is 22.3. The van der Waals surface area contributed by atoms with Gasteiger partial charge in [0.15, 0.2) is 0 Å². The molecule has 2 N–H and O–H groups in total. The van der Waals surface area contributed by atoms with Gasteiger partial charge in [0.2, 0.25) is 0 Å². The summed E-state index contributed by atoms with van der Waals surface area (Å²) in [7, 11) is -3.00. The fourth-order valence-corrected chi connectivity index (χ4v) is 1.89. The molecule has 90 valence electrons. The maximum atomic E-state index is 11.3. The highest BCUT2D eigenvalue weighted by Crippen LogP contribution is 2.06. The van der Waals surface area contributed by atoms with Gasteiger partial charge in [0.25, 0.3) is 0 Å². The molecule has 0 fully saturated rings. The van der Waals surface area contributed by atoms with Crippen LogP contribution in [0.3, 0.4) is 0 Å². The first-order valence-electron chi connectivity index (χ1n) is 5.33. The first-order valence-corrected chi connectivity index (χ1v) is 7.15. The summed E-state index contributed by atoms with van der Waals surface area (Å²) in [4.78, 5) is 11.3. The number of hydrogen-bond donors (Lipinski definition) is 1. The van der Waals surface area contributed by atoms with E-state index in [0.29, 0.717) is 18.9 Å². The van der Waals surface area contributed by atoms with Crippen molar-refractivity contribution in [3.8, 4) is 0 Å². The van der Waals surface area contributed by atoms with E-state index in [1.165, 1.54) is 0 Å². The third kappa shape index (κ3) is 7.50. The van der Waals surface area contributed by atoms with E-state index in [2.05, 4.69) is 0 Å². The predicted molar refractivity (Wildman–Crippen MR) is 61.4 cm³/mol. The molecule has 15 heavy (non-hydrogen) atoms. The number of Topliss-reactive ketones (excluding diaryl/α,β-unsaturated/α-hetero) is 1. The van der Waals surface area contributed by atoms with Gasteiger partial charge in [-0.25, -0.2) is 8.42 Å². The van der Waals surface area contributed by atoms with Crippen LogP contribution >= 0.6 is 0 Å². The van der Waals surface area contributed by atoms with Crippen LogP contribution in [0.25, 0.3) is 0 Å². The van der Waals surface area contributed by atoms with Crippen molar-refractivity contribution in [1.82, 2.24) is 0 Å². The van der Waals surface area contributed by atoms with E-state index in [1.807, 2.05) is 6.92 Å². The zero-order chi connectivity index (χ0) is 11.9. The minimum atomic E-state index is -3.00. The zero-order valence-corrected chi connectivity index (χ0v) is 10.3. The van der Waals surface area contributed by atoms with Crippen molar-refractivity contribution in [1.29, 1.82) is 0 Å². The SMILES string of the molecule is CCS(=O)(=O)CCC(=O)CCC(C)CN. The first-order chi connectivity index (χ1) is 6.91. The topological polar surface area (TPSA) is 77.2 Å². The molecule has 4 nitrogen and oxygen atoms in total. The number of ketones is 1. The van der Waals surface area contributed by atoms with E-state index in [0.717, 1.165) is 6.42 Å². The van der Waals surface area contributed by atoms with E-state index in [-0.39, 0.29) is 23.7 Å². The molecular formula is C10H21NO3S. The van der Waals surface area contributed by atoms with E-state index >= 15 is 0 Å². The quantitative estimate of drug-likeness (QED) is 0.673. The molecule has 0 rings (SSSR count). The van der Waals surface area contributed by atoms with Crippen LogP contribution in [0.15, 0.2) is 0 Å². The molecule has 0 aliphatic heterocycles. The number of hydrogen-bond acceptors (Lipinski definition) is 4. The smallest absolute Gasteiger partial charge is 0.150 e. The lowest BCUT2D eigenvalue weighted by Crippen LogP contribution is -2.15. The predicted octanol–water partition coefficient (Wildman–Crippen LogP) is 0.755. The molecule has 0 spiro atoms. The Morgan fingerprint density at radius 3 is 2.40 bits per heavy atom. The van der Waals surface area contributed by atoms with Gasteiger partial charge in [-0.1, -0.05) is 13.8 Å². The second-order valence-electron chi connectivity index (χ2n) is 3.90. The Balaban J connectivity index is 3.77. The van der Waals surface area contributed by atoms with Crippen LogP contribution in [0.5, 0.6) is 0 Å². The molecule has 1 unspecified atom stereocenters. The molecule has 0 bridgehead atoms. The monoisotopic (exact) mass is 235 g/mol. The molecule has 0 aromatic rings. The van der Waals surface area contributed by atoms with Gasteiger partial charge in [-0.05, 0) is 18.9 Å². The summed E-state index contributed by atoms with van der Waals surface area (Å²) >= 11 is 0. The van der Waals surface area contributed by atoms with Gasteiger partial charge >= 0.3 is 0 Å². The van der Waals surface area contributed by atoms with E-state index in [4.69, 9.17) is 5.73 Å². The summed E-state index contributed by atoms with van der Waals surface area (Å²) in [6.07, 6.45) is 1.34. The molecule has 0 heterocycles. The van der Waals surface area contributed by atoms with Crippen LogP contribution in [0, 0.1) is 5.92 Å². The van der Waals surface area contributed by atoms with Gasteiger partial charge in [-0.2, -0.15) is 0 Å². The Hall–Kier alpha value is -0.420. The summed E-state index contributed by atoms with van der Waals surface area (Å²) in [5.41, 5.74) is 5.42. The van der Waals surface area contributed by atoms with Crippen molar-refractivity contribution >= 4 is 15.6 Å². The highest BCUT2D eigenvalue weighted by molar-refractivity contribution is 7.91. The molecule has 0 amide bonds. The van der Waals surface area contributed by atoms with Crippen molar-refractivity contribution in [2.75, 3.05) is 18.1 Å². The van der Waals surface area contributed by atoms with Crippen molar-refractivity contribution in [2.45, 2.75) is 33.1 Å². The lowest BCUT2D eigenvalue weighted by Gasteiger charge is -2.06. The minimum absolute atomic E-state index is 0.0145. The van der Waals surface area contributed by atoms with Gasteiger partial charge in [-0.3, -0.25) is 4.79 Å². The van der Waals surface area contributed by atoms with Gasteiger partial charge in [-0.15, -0.1) is 0 Å². The van der Waals surface area contributed by atoms with Crippen molar-refractivity contribution in [3.05, 3.63) is 0 Å². The Labute approximate surface area is 92.2 Å². The molecule has 0 aliphatic carbocycles. The molecule has 1 atom stereocenters. The average molecular weight is 235 g/mol. The molecular weight excluding hydrogens is 214 g/mol. The van der Waals surface area contributed by atoms with Crippen LogP contribution in [-0.4, -0.2) is 32.3 Å². The Morgan fingerprint density at radius 1 is 1.33 bits per heavy atom. The third-order valence-electron chi connectivity index (χ3n) is 2.45. The number of carbonyl (C=O) groups excluding carboxylic acids is 1. The highest BCUT2D eigenvalue weighted by Gasteiger charge is 2.11. The highest BCUT2D eigenvalue weighted by atomic mass is 32.2. The number of rotatable bonds is 8. The zero-order valence-electron chi connectivity index (χ0n) is 9.53. The molecule has 0 saturated carbocycles. The Kier molecular flexibility index (Phi) is 6.76. The normalized spacial score (nSPS) is 13.8. The summed E-state index contributed by atoms with van der Waals surface area (Å²) in [5, 5.41) is 0. The summed E-state index contributed by atoms with van der Waals surface area (Å²) in [6.45, 7) is 4.15. The van der Waals surface area contributed by atoms with Gasteiger partial charge < -0.3 is 5.73 Å². The van der Waals surface area contributed by atoms with Crippen LogP contribution in [-0.2, 0) is 14.6 Å². The lowest BCUT2D eigenvalue weighted by atomic mass is 10.0. The second kappa shape index (κ2) is 6.95. The lowest BCUT2D eigenvalue weighted by molar-refractivity contribution is -0.118. The van der Waals surface area contributed by atoms with E-state index in [9.17, 15) is 13.2 Å². The second-order valence-corrected chi connectivity index (χ2v) is 6.38. The van der Waals surface area contributed by atoms with Crippen molar-refractivity contribution < 1.29 is 13.2 Å². The van der Waals surface area contributed by atoms with Crippen molar-refractivity contribution in [2.24, 2.45) is 11.7 Å². The first kappa shape index (κ1) is 14.6. The van der Waals surface area contributed by atoms with Crippen LogP contribution in [0.2, 0.25) is 0 Å². The van der Waals surface area contributed by atoms with Gasteiger partial charge in [0.05, 0.1) is 5.75 Å². The van der Waals surface area contributed by atoms with Gasteiger partial charge in [0.1, 0.15) is 15.6 Å². The molecule has 0 saturated heterocycles. The molecule has 0 radical (unpaired) electrons. The molecule has 5 heteroatoms. The molecule has 0 aromatic heterocycles. The standard InChI is InChI=1S/C10H21NO3S/c1-3-15(13,14)7-6-10(12)5-4-9(2)8-11/h9H,3-8,11H2,1-2H3. The maximum absolute atomic E-state index is 11.3. The fraction of sp³-hybridized carbons (Fsp3) is 0.900.